The van der Waals surface area contributed by atoms with Crippen LogP contribution in [0.1, 0.15) is 48.9 Å². The van der Waals surface area contributed by atoms with E-state index >= 15 is 0 Å². The third-order valence-corrected chi connectivity index (χ3v) is 7.15. The van der Waals surface area contributed by atoms with Crippen molar-refractivity contribution in [3.8, 4) is 11.1 Å². The summed E-state index contributed by atoms with van der Waals surface area (Å²) >= 11 is 0. The number of hydrogen-bond donors (Lipinski definition) is 1. The van der Waals surface area contributed by atoms with E-state index in [4.69, 9.17) is 5.10 Å². The van der Waals surface area contributed by atoms with Gasteiger partial charge in [-0.1, -0.05) is 18.2 Å². The normalized spacial score (nSPS) is 19.5. The number of fused-ring (bicyclic) bond motifs is 1. The summed E-state index contributed by atoms with van der Waals surface area (Å²) in [4.78, 5) is 2.40. The van der Waals surface area contributed by atoms with Crippen LogP contribution in [0.5, 0.6) is 0 Å². The summed E-state index contributed by atoms with van der Waals surface area (Å²) in [7, 11) is 2.19. The van der Waals surface area contributed by atoms with Crippen LogP contribution in [0.15, 0.2) is 48.8 Å². The summed E-state index contributed by atoms with van der Waals surface area (Å²) < 4.78 is 15.7. The molecule has 31 heavy (non-hydrogen) atoms. The van der Waals surface area contributed by atoms with Gasteiger partial charge in [0.05, 0.1) is 12.2 Å². The van der Waals surface area contributed by atoms with Crippen molar-refractivity contribution in [3.63, 3.8) is 0 Å². The predicted octanol–water partition coefficient (Wildman–Crippen LogP) is 4.98. The molecular formula is C26H31FN4. The maximum absolute atomic E-state index is 13.5. The highest BCUT2D eigenvalue weighted by Gasteiger charge is 2.25. The van der Waals surface area contributed by atoms with Crippen LogP contribution >= 0.6 is 0 Å². The van der Waals surface area contributed by atoms with E-state index in [0.717, 1.165) is 50.8 Å². The van der Waals surface area contributed by atoms with Crippen molar-refractivity contribution in [2.45, 2.75) is 51.1 Å². The van der Waals surface area contributed by atoms with Gasteiger partial charge in [-0.3, -0.25) is 4.68 Å². The Kier molecular flexibility index (Phi) is 5.53. The molecule has 0 amide bonds. The molecule has 3 aromatic rings. The van der Waals surface area contributed by atoms with Gasteiger partial charge in [-0.25, -0.2) is 4.39 Å². The number of nitrogens with zero attached hydrogens (tertiary/aromatic N) is 3. The molecular weight excluding hydrogens is 387 g/mol. The molecule has 1 unspecified atom stereocenters. The number of piperidine rings is 1. The first kappa shape index (κ1) is 20.3. The Balaban J connectivity index is 1.56. The molecule has 1 N–H and O–H groups in total. The summed E-state index contributed by atoms with van der Waals surface area (Å²) in [5.41, 5.74) is 7.68. The van der Waals surface area contributed by atoms with Gasteiger partial charge in [0.25, 0.3) is 0 Å². The Bertz CT molecular complexity index is 1050. The van der Waals surface area contributed by atoms with Crippen molar-refractivity contribution in [2.24, 2.45) is 0 Å². The zero-order valence-corrected chi connectivity index (χ0v) is 18.4. The lowest BCUT2D eigenvalue weighted by molar-refractivity contribution is 0.343. The highest BCUT2D eigenvalue weighted by Crippen LogP contribution is 2.38. The molecule has 2 aliphatic rings. The molecule has 1 atom stereocenters. The van der Waals surface area contributed by atoms with Crippen LogP contribution < -0.4 is 10.2 Å². The number of rotatable bonds is 4. The minimum Gasteiger partial charge on any atom is -0.372 e. The van der Waals surface area contributed by atoms with Crippen molar-refractivity contribution < 1.29 is 4.39 Å². The van der Waals surface area contributed by atoms with Gasteiger partial charge in [-0.15, -0.1) is 0 Å². The van der Waals surface area contributed by atoms with Crippen LogP contribution in [0.25, 0.3) is 11.1 Å². The Morgan fingerprint density at radius 2 is 1.84 bits per heavy atom. The number of hydrogen-bond acceptors (Lipinski definition) is 3. The largest absolute Gasteiger partial charge is 0.372 e. The van der Waals surface area contributed by atoms with Gasteiger partial charge >= 0.3 is 0 Å². The minimum atomic E-state index is -0.184. The molecule has 5 rings (SSSR count). The lowest BCUT2D eigenvalue weighted by Gasteiger charge is -2.35. The average Bonchev–Trinajstić information content (AvgIpc) is 3.29. The number of benzene rings is 2. The molecule has 2 aromatic carbocycles. The van der Waals surface area contributed by atoms with Crippen LogP contribution in [0.2, 0.25) is 0 Å². The molecule has 0 radical (unpaired) electrons. The minimum absolute atomic E-state index is 0.184. The first-order valence-electron chi connectivity index (χ1n) is 11.5. The Labute approximate surface area is 184 Å². The molecule has 4 nitrogen and oxygen atoms in total. The van der Waals surface area contributed by atoms with Crippen LogP contribution in [-0.4, -0.2) is 36.0 Å². The highest BCUT2D eigenvalue weighted by molar-refractivity contribution is 5.74. The molecule has 0 aliphatic carbocycles. The third-order valence-electron chi connectivity index (χ3n) is 7.15. The van der Waals surface area contributed by atoms with Gasteiger partial charge in [-0.2, -0.15) is 5.10 Å². The quantitative estimate of drug-likeness (QED) is 0.649. The van der Waals surface area contributed by atoms with Crippen LogP contribution in [0, 0.1) is 5.82 Å². The maximum atomic E-state index is 13.5. The van der Waals surface area contributed by atoms with Crippen molar-refractivity contribution in [1.29, 1.82) is 0 Å². The fraction of sp³-hybridized carbons (Fsp3) is 0.423. The smallest absolute Gasteiger partial charge is 0.123 e. The van der Waals surface area contributed by atoms with Crippen molar-refractivity contribution in [1.82, 2.24) is 15.1 Å². The van der Waals surface area contributed by atoms with E-state index in [9.17, 15) is 4.39 Å². The maximum Gasteiger partial charge on any atom is 0.123 e. The molecule has 5 heteroatoms. The third kappa shape index (κ3) is 3.99. The predicted molar refractivity (Wildman–Crippen MR) is 124 cm³/mol. The van der Waals surface area contributed by atoms with E-state index in [1.165, 1.54) is 27.9 Å². The van der Waals surface area contributed by atoms with E-state index in [2.05, 4.69) is 47.2 Å². The lowest BCUT2D eigenvalue weighted by atomic mass is 9.86. The van der Waals surface area contributed by atoms with Crippen molar-refractivity contribution in [2.75, 3.05) is 25.0 Å². The van der Waals surface area contributed by atoms with E-state index in [0.29, 0.717) is 12.1 Å². The van der Waals surface area contributed by atoms with Crippen LogP contribution in [0.4, 0.5) is 10.1 Å². The molecule has 162 valence electrons. The number of halogens is 1. The summed E-state index contributed by atoms with van der Waals surface area (Å²) in [6.45, 7) is 4.40. The van der Waals surface area contributed by atoms with Gasteiger partial charge in [0.2, 0.25) is 0 Å². The van der Waals surface area contributed by atoms with Crippen LogP contribution in [0.3, 0.4) is 0 Å². The van der Waals surface area contributed by atoms with Crippen molar-refractivity contribution >= 4 is 5.69 Å². The Morgan fingerprint density at radius 1 is 1.06 bits per heavy atom. The molecule has 1 saturated heterocycles. The monoisotopic (exact) mass is 418 g/mol. The van der Waals surface area contributed by atoms with Gasteiger partial charge in [0, 0.05) is 30.5 Å². The van der Waals surface area contributed by atoms with Gasteiger partial charge in [0.15, 0.2) is 0 Å². The zero-order chi connectivity index (χ0) is 21.4. The second-order valence-electron chi connectivity index (χ2n) is 9.08. The fourth-order valence-electron chi connectivity index (χ4n) is 5.10. The topological polar surface area (TPSA) is 33.1 Å². The summed E-state index contributed by atoms with van der Waals surface area (Å²) in [5, 5.41) is 8.18. The average molecular weight is 419 g/mol. The fourth-order valence-corrected chi connectivity index (χ4v) is 5.10. The van der Waals surface area contributed by atoms with Gasteiger partial charge < -0.3 is 10.2 Å². The van der Waals surface area contributed by atoms with E-state index < -0.39 is 0 Å². The van der Waals surface area contributed by atoms with E-state index in [1.54, 1.807) is 12.1 Å². The first-order chi connectivity index (χ1) is 15.1. The highest BCUT2D eigenvalue weighted by atomic mass is 19.1. The lowest BCUT2D eigenvalue weighted by Crippen LogP contribution is -2.34. The number of aromatic nitrogens is 2. The zero-order valence-electron chi connectivity index (χ0n) is 18.4. The second-order valence-corrected chi connectivity index (χ2v) is 9.08. The summed E-state index contributed by atoms with van der Waals surface area (Å²) in [6.07, 6.45) is 9.52. The van der Waals surface area contributed by atoms with Gasteiger partial charge in [0.1, 0.15) is 5.82 Å². The molecule has 0 bridgehead atoms. The standard InChI is InChI=1S/C26H31FN4/c1-18-3-8-24-25(15-19-4-6-21(27)7-5-19)23(9-10-26(24)30(18)2)20-16-29-31(17-20)22-11-13-28-14-12-22/h4-7,9-10,16-18,22,28H,3,8,11-15H2,1-2H3. The molecule has 3 heterocycles. The summed E-state index contributed by atoms with van der Waals surface area (Å²) in [5.74, 6) is -0.184. The number of anilines is 1. The number of nitrogens with one attached hydrogen (secondary N) is 1. The molecule has 0 spiro atoms. The molecule has 0 saturated carbocycles. The first-order valence-corrected chi connectivity index (χ1v) is 11.5. The Morgan fingerprint density at radius 3 is 2.61 bits per heavy atom. The Hall–Kier alpha value is -2.66. The molecule has 1 aromatic heterocycles. The molecule has 2 aliphatic heterocycles. The van der Waals surface area contributed by atoms with Crippen molar-refractivity contribution in [3.05, 3.63) is 71.3 Å². The van der Waals surface area contributed by atoms with Gasteiger partial charge in [-0.05, 0) is 92.6 Å². The summed E-state index contributed by atoms with van der Waals surface area (Å²) in [6, 6.07) is 12.5. The molecule has 1 fully saturated rings. The van der Waals surface area contributed by atoms with Crippen LogP contribution in [-0.2, 0) is 12.8 Å². The SMILES string of the molecule is CC1CCc2c(ccc(-c3cnn(C4CCNCC4)c3)c2Cc2ccc(F)cc2)N1C. The second kappa shape index (κ2) is 8.46. The van der Waals surface area contributed by atoms with E-state index in [-0.39, 0.29) is 5.82 Å². The van der Waals surface area contributed by atoms with E-state index in [1.807, 2.05) is 18.3 Å².